The molecule has 0 unspecified atom stereocenters. The number of carbonyl (C=O) groups is 1. The summed E-state index contributed by atoms with van der Waals surface area (Å²) in [6, 6.07) is 14.0. The van der Waals surface area contributed by atoms with Crippen molar-refractivity contribution in [1.29, 1.82) is 0 Å². The number of halogens is 1. The van der Waals surface area contributed by atoms with Crippen LogP contribution >= 0.6 is 23.4 Å². The van der Waals surface area contributed by atoms with Gasteiger partial charge in [-0.15, -0.1) is 0 Å². The highest BCUT2D eigenvalue weighted by Gasteiger charge is 2.27. The minimum atomic E-state index is -3.48. The second-order valence-electron chi connectivity index (χ2n) is 7.80. The van der Waals surface area contributed by atoms with Crippen molar-refractivity contribution < 1.29 is 13.2 Å². The fourth-order valence-electron chi connectivity index (χ4n) is 3.67. The molecule has 0 radical (unpaired) electrons. The molecule has 0 spiro atoms. The Morgan fingerprint density at radius 1 is 1.16 bits per heavy atom. The summed E-state index contributed by atoms with van der Waals surface area (Å²) < 4.78 is 27.3. The maximum absolute atomic E-state index is 12.9. The molecule has 6 nitrogen and oxygen atoms in total. The zero-order chi connectivity index (χ0) is 22.9. The minimum Gasteiger partial charge on any atom is -0.324 e. The lowest BCUT2D eigenvalue weighted by Crippen LogP contribution is -2.27. The number of para-hydroxylation sites is 1. The molecule has 0 aliphatic carbocycles. The van der Waals surface area contributed by atoms with E-state index in [0.29, 0.717) is 39.2 Å². The molecule has 168 valence electrons. The number of aromatic nitrogens is 1. The Balaban J connectivity index is 1.54. The minimum absolute atomic E-state index is 0.172. The predicted molar refractivity (Wildman–Crippen MR) is 130 cm³/mol. The van der Waals surface area contributed by atoms with Crippen molar-refractivity contribution in [2.75, 3.05) is 18.4 Å². The first kappa shape index (κ1) is 23.0. The average Bonchev–Trinajstić information content (AvgIpc) is 3.31. The lowest BCUT2D eigenvalue weighted by atomic mass is 10.1. The number of thioether (sulfide) groups is 1. The summed E-state index contributed by atoms with van der Waals surface area (Å²) in [4.78, 5) is 17.6. The topological polar surface area (TPSA) is 79.4 Å². The van der Waals surface area contributed by atoms with Crippen LogP contribution in [0.5, 0.6) is 0 Å². The molecule has 2 heterocycles. The van der Waals surface area contributed by atoms with Crippen LogP contribution in [0.15, 0.2) is 58.5 Å². The van der Waals surface area contributed by atoms with Crippen LogP contribution in [0, 0.1) is 6.92 Å². The second kappa shape index (κ2) is 9.39. The van der Waals surface area contributed by atoms with Gasteiger partial charge in [-0.05, 0) is 68.7 Å². The van der Waals surface area contributed by atoms with Gasteiger partial charge in [0.1, 0.15) is 0 Å². The van der Waals surface area contributed by atoms with Crippen LogP contribution in [0.2, 0.25) is 5.02 Å². The number of aryl methyl sites for hydroxylation is 1. The summed E-state index contributed by atoms with van der Waals surface area (Å²) in [6.07, 6.45) is 1.80. The number of nitrogens with one attached hydrogen (secondary N) is 1. The van der Waals surface area contributed by atoms with Crippen LogP contribution in [0.3, 0.4) is 0 Å². The van der Waals surface area contributed by atoms with Crippen LogP contribution in [-0.4, -0.2) is 42.0 Å². The number of benzene rings is 2. The SMILES string of the molecule is Cc1cc(S[C@@H](C)C(=O)Nc2ccccc2Cl)nc2ccc(S(=O)(=O)N3CCCC3)cc12. The summed E-state index contributed by atoms with van der Waals surface area (Å²) in [5.41, 5.74) is 2.18. The molecule has 1 aliphatic rings. The molecule has 2 aromatic carbocycles. The molecule has 1 aliphatic heterocycles. The molecule has 1 aromatic heterocycles. The fraction of sp³-hybridized carbons (Fsp3) is 0.304. The Labute approximate surface area is 197 Å². The van der Waals surface area contributed by atoms with Crippen molar-refractivity contribution in [3.8, 4) is 0 Å². The fourth-order valence-corrected chi connectivity index (χ4v) is 6.32. The molecule has 3 aromatic rings. The number of sulfonamides is 1. The zero-order valence-electron chi connectivity index (χ0n) is 17.8. The number of hydrogen-bond acceptors (Lipinski definition) is 5. The third-order valence-corrected chi connectivity index (χ3v) is 8.71. The summed E-state index contributed by atoms with van der Waals surface area (Å²) in [5, 5.41) is 4.42. The quantitative estimate of drug-likeness (QED) is 0.487. The standard InChI is InChI=1S/C23H24ClN3O3S2/c1-15-13-22(31-16(2)23(28)26-21-8-4-3-7-19(21)24)25-20-10-9-17(14-18(15)20)32(29,30)27-11-5-6-12-27/h3-4,7-10,13-14,16H,5-6,11-12H2,1-2H3,(H,26,28)/t16-/m0/s1. The highest BCUT2D eigenvalue weighted by atomic mass is 35.5. The van der Waals surface area contributed by atoms with Crippen LogP contribution in [0.1, 0.15) is 25.3 Å². The van der Waals surface area contributed by atoms with E-state index >= 15 is 0 Å². The molecule has 1 saturated heterocycles. The van der Waals surface area contributed by atoms with E-state index in [1.54, 1.807) is 40.7 Å². The van der Waals surface area contributed by atoms with E-state index in [-0.39, 0.29) is 5.91 Å². The van der Waals surface area contributed by atoms with Crippen molar-refractivity contribution in [2.24, 2.45) is 0 Å². The summed E-state index contributed by atoms with van der Waals surface area (Å²) in [7, 11) is -3.48. The third-order valence-electron chi connectivity index (χ3n) is 5.46. The Morgan fingerprint density at radius 3 is 2.59 bits per heavy atom. The van der Waals surface area contributed by atoms with Gasteiger partial charge in [0.15, 0.2) is 0 Å². The van der Waals surface area contributed by atoms with E-state index in [2.05, 4.69) is 10.3 Å². The number of anilines is 1. The van der Waals surface area contributed by atoms with E-state index in [4.69, 9.17) is 11.6 Å². The molecule has 4 rings (SSSR count). The van der Waals surface area contributed by atoms with Crippen LogP contribution in [0.25, 0.3) is 10.9 Å². The molecule has 1 amide bonds. The number of pyridine rings is 1. The lowest BCUT2D eigenvalue weighted by molar-refractivity contribution is -0.115. The third kappa shape index (κ3) is 4.78. The van der Waals surface area contributed by atoms with Crippen molar-refractivity contribution in [1.82, 2.24) is 9.29 Å². The Kier molecular flexibility index (Phi) is 6.76. The second-order valence-corrected chi connectivity index (χ2v) is 11.5. The largest absolute Gasteiger partial charge is 0.324 e. The van der Waals surface area contributed by atoms with Gasteiger partial charge in [0.25, 0.3) is 0 Å². The molecule has 0 bridgehead atoms. The maximum Gasteiger partial charge on any atom is 0.243 e. The number of fused-ring (bicyclic) bond motifs is 1. The van der Waals surface area contributed by atoms with Gasteiger partial charge in [-0.3, -0.25) is 4.79 Å². The highest BCUT2D eigenvalue weighted by Crippen LogP contribution is 2.30. The van der Waals surface area contributed by atoms with Gasteiger partial charge in [-0.25, -0.2) is 13.4 Å². The van der Waals surface area contributed by atoms with Crippen molar-refractivity contribution in [2.45, 2.75) is 41.9 Å². The Morgan fingerprint density at radius 2 is 1.88 bits per heavy atom. The predicted octanol–water partition coefficient (Wildman–Crippen LogP) is 5.10. The van der Waals surface area contributed by atoms with E-state index < -0.39 is 15.3 Å². The van der Waals surface area contributed by atoms with E-state index in [1.807, 2.05) is 26.0 Å². The van der Waals surface area contributed by atoms with E-state index in [0.717, 1.165) is 23.8 Å². The normalized spacial score (nSPS) is 15.7. The van der Waals surface area contributed by atoms with Crippen molar-refractivity contribution in [3.63, 3.8) is 0 Å². The van der Waals surface area contributed by atoms with Crippen molar-refractivity contribution in [3.05, 3.63) is 59.1 Å². The van der Waals surface area contributed by atoms with Crippen LogP contribution in [-0.2, 0) is 14.8 Å². The number of nitrogens with zero attached hydrogens (tertiary/aromatic N) is 2. The maximum atomic E-state index is 12.9. The highest BCUT2D eigenvalue weighted by molar-refractivity contribution is 8.00. The van der Waals surface area contributed by atoms with Gasteiger partial charge >= 0.3 is 0 Å². The van der Waals surface area contributed by atoms with Crippen LogP contribution in [0.4, 0.5) is 5.69 Å². The molecule has 9 heteroatoms. The number of hydrogen-bond donors (Lipinski definition) is 1. The molecular formula is C23H24ClN3O3S2. The van der Waals surface area contributed by atoms with Gasteiger partial charge in [-0.2, -0.15) is 4.31 Å². The Bertz CT molecular complexity index is 1270. The zero-order valence-corrected chi connectivity index (χ0v) is 20.2. The van der Waals surface area contributed by atoms with Gasteiger partial charge in [0.2, 0.25) is 15.9 Å². The van der Waals surface area contributed by atoms with Crippen LogP contribution < -0.4 is 5.32 Å². The van der Waals surface area contributed by atoms with Gasteiger partial charge in [0.05, 0.1) is 31.4 Å². The molecule has 1 N–H and O–H groups in total. The van der Waals surface area contributed by atoms with Gasteiger partial charge in [-0.1, -0.05) is 35.5 Å². The van der Waals surface area contributed by atoms with E-state index in [1.165, 1.54) is 11.8 Å². The number of carbonyl (C=O) groups excluding carboxylic acids is 1. The molecule has 0 saturated carbocycles. The Hall–Kier alpha value is -2.13. The number of amides is 1. The molecular weight excluding hydrogens is 466 g/mol. The first-order valence-corrected chi connectivity index (χ1v) is 13.1. The molecule has 1 atom stereocenters. The first-order valence-electron chi connectivity index (χ1n) is 10.4. The lowest BCUT2D eigenvalue weighted by Gasteiger charge is -2.16. The first-order chi connectivity index (χ1) is 15.3. The summed E-state index contributed by atoms with van der Waals surface area (Å²) in [6.45, 7) is 4.88. The van der Waals surface area contributed by atoms with Gasteiger partial charge in [0, 0.05) is 18.5 Å². The summed E-state index contributed by atoms with van der Waals surface area (Å²) in [5.74, 6) is -0.172. The average molecular weight is 490 g/mol. The van der Waals surface area contributed by atoms with Gasteiger partial charge < -0.3 is 5.32 Å². The van der Waals surface area contributed by atoms with Crippen molar-refractivity contribution >= 4 is 55.9 Å². The number of rotatable bonds is 6. The molecule has 1 fully saturated rings. The van der Waals surface area contributed by atoms with E-state index in [9.17, 15) is 13.2 Å². The summed E-state index contributed by atoms with van der Waals surface area (Å²) >= 11 is 7.47. The molecule has 32 heavy (non-hydrogen) atoms. The smallest absolute Gasteiger partial charge is 0.243 e. The monoisotopic (exact) mass is 489 g/mol.